The number of anilines is 1. The van der Waals surface area contributed by atoms with Gasteiger partial charge in [-0.2, -0.15) is 0 Å². The van der Waals surface area contributed by atoms with Gasteiger partial charge in [0.2, 0.25) is 0 Å². The molecule has 2 aromatic carbocycles. The molecule has 21 heavy (non-hydrogen) atoms. The lowest BCUT2D eigenvalue weighted by atomic mass is 10.0. The van der Waals surface area contributed by atoms with E-state index in [0.717, 1.165) is 0 Å². The van der Waals surface area contributed by atoms with E-state index in [9.17, 15) is 8.96 Å². The van der Waals surface area contributed by atoms with Crippen LogP contribution in [-0.2, 0) is 4.57 Å². The first-order chi connectivity index (χ1) is 9.85. The Balaban J connectivity index is 2.06. The van der Waals surface area contributed by atoms with E-state index in [4.69, 9.17) is 4.52 Å². The molecule has 0 aliphatic heterocycles. The van der Waals surface area contributed by atoms with Crippen molar-refractivity contribution in [2.45, 2.75) is 19.8 Å². The van der Waals surface area contributed by atoms with Crippen molar-refractivity contribution in [2.75, 3.05) is 11.8 Å². The zero-order chi connectivity index (χ0) is 15.5. The van der Waals surface area contributed by atoms with E-state index < -0.39 is 7.52 Å². The molecule has 0 saturated heterocycles. The molecule has 0 fully saturated rings. The molecule has 1 atom stereocenters. The molecule has 1 N–H and O–H groups in total. The Morgan fingerprint density at radius 3 is 2.14 bits per heavy atom. The summed E-state index contributed by atoms with van der Waals surface area (Å²) < 4.78 is 30.8. The third-order valence-corrected chi connectivity index (χ3v) is 4.23. The highest BCUT2D eigenvalue weighted by atomic mass is 31.2. The van der Waals surface area contributed by atoms with E-state index in [2.05, 4.69) is 18.9 Å². The second-order valence-corrected chi connectivity index (χ2v) is 7.38. The maximum Gasteiger partial charge on any atom is 0.338 e. The minimum atomic E-state index is -3.06. The van der Waals surface area contributed by atoms with Crippen LogP contribution in [0.25, 0.3) is 0 Å². The molecule has 0 amide bonds. The van der Waals surface area contributed by atoms with Gasteiger partial charge in [-0.15, -0.1) is 0 Å². The summed E-state index contributed by atoms with van der Waals surface area (Å²) in [6.07, 6.45) is 0. The lowest BCUT2D eigenvalue weighted by molar-refractivity contribution is 0.493. The van der Waals surface area contributed by atoms with Crippen LogP contribution in [0.1, 0.15) is 25.3 Å². The first-order valence-electron chi connectivity index (χ1n) is 6.77. The normalized spacial score (nSPS) is 13.8. The average molecular weight is 307 g/mol. The summed E-state index contributed by atoms with van der Waals surface area (Å²) in [5.41, 5.74) is 1.75. The molecule has 2 aromatic rings. The lowest BCUT2D eigenvalue weighted by Gasteiger charge is -2.18. The van der Waals surface area contributed by atoms with Crippen molar-refractivity contribution in [1.82, 2.24) is 0 Å². The van der Waals surface area contributed by atoms with E-state index in [1.807, 2.05) is 12.1 Å². The molecule has 5 heteroatoms. The molecular formula is C16H19FNO2P. The van der Waals surface area contributed by atoms with Crippen molar-refractivity contribution in [1.29, 1.82) is 0 Å². The van der Waals surface area contributed by atoms with Crippen LogP contribution in [0, 0.1) is 5.82 Å². The molecule has 0 aliphatic carbocycles. The highest BCUT2D eigenvalue weighted by Gasteiger charge is 2.17. The van der Waals surface area contributed by atoms with Crippen LogP contribution in [-0.4, -0.2) is 6.66 Å². The fourth-order valence-electron chi connectivity index (χ4n) is 1.90. The van der Waals surface area contributed by atoms with Crippen LogP contribution >= 0.6 is 7.52 Å². The van der Waals surface area contributed by atoms with E-state index in [0.29, 0.717) is 17.4 Å². The highest BCUT2D eigenvalue weighted by molar-refractivity contribution is 7.60. The van der Waals surface area contributed by atoms with Gasteiger partial charge in [0.15, 0.2) is 0 Å². The predicted octanol–water partition coefficient (Wildman–Crippen LogP) is 5.26. The summed E-state index contributed by atoms with van der Waals surface area (Å²) in [7, 11) is -3.06. The van der Waals surface area contributed by atoms with Gasteiger partial charge < -0.3 is 9.61 Å². The first kappa shape index (κ1) is 15.6. The molecule has 0 spiro atoms. The maximum absolute atomic E-state index is 12.8. The molecule has 0 aliphatic rings. The van der Waals surface area contributed by atoms with Crippen LogP contribution in [0.3, 0.4) is 0 Å². The van der Waals surface area contributed by atoms with E-state index >= 15 is 0 Å². The predicted molar refractivity (Wildman–Crippen MR) is 84.7 cm³/mol. The Hall–Kier alpha value is -1.80. The zero-order valence-corrected chi connectivity index (χ0v) is 13.2. The molecule has 1 unspecified atom stereocenters. The van der Waals surface area contributed by atoms with Crippen molar-refractivity contribution < 1.29 is 13.5 Å². The Labute approximate surface area is 124 Å². The third kappa shape index (κ3) is 4.61. The molecule has 0 aromatic heterocycles. The molecule has 0 radical (unpaired) electrons. The van der Waals surface area contributed by atoms with E-state index in [1.54, 1.807) is 12.1 Å². The number of halogens is 1. The monoisotopic (exact) mass is 307 g/mol. The Kier molecular flexibility index (Phi) is 4.69. The molecule has 2 rings (SSSR count). The van der Waals surface area contributed by atoms with Crippen LogP contribution in [0.2, 0.25) is 0 Å². The first-order valence-corrected chi connectivity index (χ1v) is 8.84. The van der Waals surface area contributed by atoms with Crippen molar-refractivity contribution in [3.05, 3.63) is 59.9 Å². The fraction of sp³-hybridized carbons (Fsp3) is 0.250. The molecule has 0 heterocycles. The summed E-state index contributed by atoms with van der Waals surface area (Å²) in [6, 6.07) is 13.2. The van der Waals surface area contributed by atoms with Crippen molar-refractivity contribution in [2.24, 2.45) is 0 Å². The third-order valence-electron chi connectivity index (χ3n) is 3.00. The van der Waals surface area contributed by atoms with Gasteiger partial charge >= 0.3 is 7.52 Å². The van der Waals surface area contributed by atoms with Crippen LogP contribution in [0.15, 0.2) is 48.5 Å². The second-order valence-electron chi connectivity index (χ2n) is 5.28. The van der Waals surface area contributed by atoms with E-state index in [-0.39, 0.29) is 5.82 Å². The second kappa shape index (κ2) is 6.31. The van der Waals surface area contributed by atoms with Gasteiger partial charge in [-0.3, -0.25) is 4.57 Å². The Morgan fingerprint density at radius 2 is 1.62 bits per heavy atom. The maximum atomic E-state index is 12.8. The van der Waals surface area contributed by atoms with Crippen molar-refractivity contribution in [3.8, 4) is 5.75 Å². The fourth-order valence-corrected chi connectivity index (χ4v) is 3.08. The molecule has 0 saturated carbocycles. The van der Waals surface area contributed by atoms with Crippen molar-refractivity contribution >= 4 is 13.2 Å². The summed E-state index contributed by atoms with van der Waals surface area (Å²) in [4.78, 5) is 0. The quantitative estimate of drug-likeness (QED) is 0.765. The zero-order valence-electron chi connectivity index (χ0n) is 12.3. The van der Waals surface area contributed by atoms with E-state index in [1.165, 1.54) is 36.5 Å². The average Bonchev–Trinajstić information content (AvgIpc) is 2.41. The minimum absolute atomic E-state index is 0.336. The lowest BCUT2D eigenvalue weighted by Crippen LogP contribution is -2.02. The number of nitrogens with one attached hydrogen (secondary N) is 1. The van der Waals surface area contributed by atoms with Crippen LogP contribution in [0.4, 0.5) is 10.1 Å². The van der Waals surface area contributed by atoms with Crippen LogP contribution < -0.4 is 9.61 Å². The molecular weight excluding hydrogens is 288 g/mol. The SMILES string of the molecule is CC(C)c1ccc(OP(C)(=O)Nc2ccc(F)cc2)cc1. The van der Waals surface area contributed by atoms with Gasteiger partial charge in [-0.05, 0) is 47.9 Å². The molecule has 0 bridgehead atoms. The summed E-state index contributed by atoms with van der Waals surface area (Å²) in [5, 5.41) is 2.80. The Bertz CT molecular complexity index is 638. The highest BCUT2D eigenvalue weighted by Crippen LogP contribution is 2.43. The standard InChI is InChI=1S/C16H19FNO2P/c1-12(2)13-4-10-16(11-5-13)20-21(3,19)18-15-8-6-14(17)7-9-15/h4-12H,1-3H3,(H,18,19). The van der Waals surface area contributed by atoms with Gasteiger partial charge in [-0.25, -0.2) is 4.39 Å². The minimum Gasteiger partial charge on any atom is -0.429 e. The number of rotatable bonds is 5. The van der Waals surface area contributed by atoms with Gasteiger partial charge in [0.1, 0.15) is 11.6 Å². The summed E-state index contributed by atoms with van der Waals surface area (Å²) in [5.74, 6) is 0.640. The Morgan fingerprint density at radius 1 is 1.05 bits per heavy atom. The van der Waals surface area contributed by atoms with Crippen LogP contribution in [0.5, 0.6) is 5.75 Å². The van der Waals surface area contributed by atoms with Gasteiger partial charge in [0, 0.05) is 12.4 Å². The summed E-state index contributed by atoms with van der Waals surface area (Å²) >= 11 is 0. The molecule has 112 valence electrons. The van der Waals surface area contributed by atoms with Crippen molar-refractivity contribution in [3.63, 3.8) is 0 Å². The smallest absolute Gasteiger partial charge is 0.338 e. The summed E-state index contributed by atoms with van der Waals surface area (Å²) in [6.45, 7) is 5.71. The van der Waals surface area contributed by atoms with Gasteiger partial charge in [0.05, 0.1) is 0 Å². The largest absolute Gasteiger partial charge is 0.429 e. The molecule has 3 nitrogen and oxygen atoms in total. The topological polar surface area (TPSA) is 38.3 Å². The number of benzene rings is 2. The van der Waals surface area contributed by atoms with Gasteiger partial charge in [0.25, 0.3) is 0 Å². The number of hydrogen-bond donors (Lipinski definition) is 1. The van der Waals surface area contributed by atoms with Gasteiger partial charge in [-0.1, -0.05) is 26.0 Å². The number of hydrogen-bond acceptors (Lipinski definition) is 2.